The summed E-state index contributed by atoms with van der Waals surface area (Å²) in [6.07, 6.45) is 2.43. The van der Waals surface area contributed by atoms with Gasteiger partial charge in [-0.05, 0) is 31.7 Å². The number of rotatable bonds is 4. The van der Waals surface area contributed by atoms with Crippen LogP contribution in [0, 0.1) is 5.92 Å². The molecular weight excluding hydrogens is 346 g/mol. The van der Waals surface area contributed by atoms with E-state index in [1.165, 1.54) is 24.2 Å². The van der Waals surface area contributed by atoms with Crippen molar-refractivity contribution in [3.05, 3.63) is 22.2 Å². The molecule has 3 heterocycles. The van der Waals surface area contributed by atoms with Gasteiger partial charge in [0.25, 0.3) is 5.91 Å². The lowest BCUT2D eigenvalue weighted by Crippen LogP contribution is -2.36. The lowest BCUT2D eigenvalue weighted by Gasteiger charge is -2.29. The second kappa shape index (κ2) is 6.50. The first-order chi connectivity index (χ1) is 11.6. The summed E-state index contributed by atoms with van der Waals surface area (Å²) in [5, 5.41) is 3.57. The molecule has 0 radical (unpaired) electrons. The Morgan fingerprint density at radius 2 is 2.17 bits per heavy atom. The number of anilines is 1. The van der Waals surface area contributed by atoms with Gasteiger partial charge < -0.3 is 15.0 Å². The van der Waals surface area contributed by atoms with Gasteiger partial charge >= 0.3 is 0 Å². The molecule has 1 aliphatic heterocycles. The van der Waals surface area contributed by atoms with Crippen LogP contribution < -0.4 is 10.2 Å². The number of carbonyl (C=O) groups is 1. The van der Waals surface area contributed by atoms with Crippen molar-refractivity contribution in [2.45, 2.75) is 25.8 Å². The van der Waals surface area contributed by atoms with Crippen LogP contribution in [-0.2, 0) is 4.74 Å². The third-order valence-corrected chi connectivity index (χ3v) is 6.03. The molecule has 2 aliphatic rings. The van der Waals surface area contributed by atoms with Crippen molar-refractivity contribution in [1.82, 2.24) is 10.3 Å². The summed E-state index contributed by atoms with van der Waals surface area (Å²) in [5.41, 5.74) is 1.84. The summed E-state index contributed by atoms with van der Waals surface area (Å²) in [6, 6.07) is 3.98. The normalized spacial score (nSPS) is 19.5. The van der Waals surface area contributed by atoms with Gasteiger partial charge in [0.05, 0.1) is 34.0 Å². The van der Waals surface area contributed by atoms with Crippen molar-refractivity contribution in [3.8, 4) is 0 Å². The van der Waals surface area contributed by atoms with Crippen LogP contribution in [0.4, 0.5) is 5.69 Å². The van der Waals surface area contributed by atoms with Gasteiger partial charge in [0.1, 0.15) is 5.15 Å². The van der Waals surface area contributed by atoms with Crippen molar-refractivity contribution in [3.63, 3.8) is 0 Å². The van der Waals surface area contributed by atoms with Crippen molar-refractivity contribution in [2.24, 2.45) is 5.92 Å². The van der Waals surface area contributed by atoms with Crippen molar-refractivity contribution < 1.29 is 9.53 Å². The fourth-order valence-corrected chi connectivity index (χ4v) is 4.35. The van der Waals surface area contributed by atoms with Gasteiger partial charge in [-0.1, -0.05) is 11.6 Å². The number of halogens is 1. The molecule has 1 unspecified atom stereocenters. The molecule has 0 aromatic carbocycles. The van der Waals surface area contributed by atoms with E-state index in [0.717, 1.165) is 29.0 Å². The number of aromatic nitrogens is 1. The number of thiophene rings is 1. The molecule has 2 fully saturated rings. The van der Waals surface area contributed by atoms with Crippen molar-refractivity contribution in [2.75, 3.05) is 31.2 Å². The smallest absolute Gasteiger partial charge is 0.261 e. The topological polar surface area (TPSA) is 54.5 Å². The molecule has 1 amide bonds. The summed E-state index contributed by atoms with van der Waals surface area (Å²) in [6.45, 7) is 5.15. The highest BCUT2D eigenvalue weighted by Gasteiger charge is 2.29. The first-order valence-corrected chi connectivity index (χ1v) is 9.55. The molecule has 128 valence electrons. The quantitative estimate of drug-likeness (QED) is 0.844. The zero-order valence-electron chi connectivity index (χ0n) is 13.5. The molecule has 1 atom stereocenters. The molecule has 7 heteroatoms. The average molecular weight is 366 g/mol. The number of nitrogens with zero attached hydrogens (tertiary/aromatic N) is 2. The molecule has 1 aliphatic carbocycles. The molecule has 24 heavy (non-hydrogen) atoms. The van der Waals surface area contributed by atoms with Gasteiger partial charge in [-0.3, -0.25) is 4.79 Å². The van der Waals surface area contributed by atoms with Crippen LogP contribution in [0.15, 0.2) is 12.1 Å². The van der Waals surface area contributed by atoms with Gasteiger partial charge in [-0.25, -0.2) is 4.98 Å². The fourth-order valence-electron chi connectivity index (χ4n) is 3.12. The third kappa shape index (κ3) is 3.23. The van der Waals surface area contributed by atoms with E-state index in [1.54, 1.807) is 0 Å². The van der Waals surface area contributed by atoms with Gasteiger partial charge in [0, 0.05) is 25.2 Å². The van der Waals surface area contributed by atoms with E-state index in [4.69, 9.17) is 16.3 Å². The van der Waals surface area contributed by atoms with E-state index in [0.29, 0.717) is 29.2 Å². The predicted molar refractivity (Wildman–Crippen MR) is 97.3 cm³/mol. The average Bonchev–Trinajstić information content (AvgIpc) is 3.34. The second-order valence-corrected chi connectivity index (χ2v) is 7.93. The molecule has 4 rings (SSSR count). The van der Waals surface area contributed by atoms with E-state index in [2.05, 4.69) is 22.1 Å². The second-order valence-electron chi connectivity index (χ2n) is 6.49. The van der Waals surface area contributed by atoms with Gasteiger partial charge in [-0.2, -0.15) is 0 Å². The number of hydrogen-bond acceptors (Lipinski definition) is 5. The zero-order chi connectivity index (χ0) is 16.7. The lowest BCUT2D eigenvalue weighted by molar-refractivity contribution is 0.0940. The first kappa shape index (κ1) is 16.1. The zero-order valence-corrected chi connectivity index (χ0v) is 15.1. The van der Waals surface area contributed by atoms with Gasteiger partial charge in [0.2, 0.25) is 0 Å². The number of amides is 1. The molecule has 1 saturated heterocycles. The number of morpholine rings is 1. The number of pyridine rings is 1. The van der Waals surface area contributed by atoms with E-state index >= 15 is 0 Å². The minimum atomic E-state index is -0.0125. The van der Waals surface area contributed by atoms with Crippen molar-refractivity contribution in [1.29, 1.82) is 0 Å². The number of fused-ring (bicyclic) bond motifs is 1. The standard InChI is InChI=1S/C17H20ClN3O2S/c1-10(11-2-3-11)19-17(22)14-8-12-16(24-14)13(9-15(18)20-12)21-4-6-23-7-5-21/h8-11H,2-7H2,1H3,(H,19,22). The molecule has 1 N–H and O–H groups in total. The Bertz CT molecular complexity index is 769. The summed E-state index contributed by atoms with van der Waals surface area (Å²) in [5.74, 6) is 0.626. The van der Waals surface area contributed by atoms with Crippen LogP contribution in [0.25, 0.3) is 10.2 Å². The van der Waals surface area contributed by atoms with Gasteiger partial charge in [0.15, 0.2) is 0 Å². The number of hydrogen-bond donors (Lipinski definition) is 1. The molecule has 2 aromatic heterocycles. The monoisotopic (exact) mass is 365 g/mol. The maximum Gasteiger partial charge on any atom is 0.261 e. The maximum absolute atomic E-state index is 12.5. The largest absolute Gasteiger partial charge is 0.378 e. The minimum absolute atomic E-state index is 0.0125. The Balaban J connectivity index is 1.64. The van der Waals surface area contributed by atoms with E-state index in [-0.39, 0.29) is 11.9 Å². The Labute approximate surface area is 149 Å². The first-order valence-electron chi connectivity index (χ1n) is 8.35. The van der Waals surface area contributed by atoms with Crippen LogP contribution in [0.3, 0.4) is 0 Å². The Hall–Kier alpha value is -1.37. The Kier molecular flexibility index (Phi) is 4.37. The summed E-state index contributed by atoms with van der Waals surface area (Å²) in [7, 11) is 0. The highest BCUT2D eigenvalue weighted by Crippen LogP contribution is 2.36. The predicted octanol–water partition coefficient (Wildman–Crippen LogP) is 3.31. The van der Waals surface area contributed by atoms with Crippen LogP contribution in [-0.4, -0.2) is 43.2 Å². The van der Waals surface area contributed by atoms with Crippen molar-refractivity contribution >= 4 is 44.7 Å². The SMILES string of the molecule is CC(NC(=O)c1cc2nc(Cl)cc(N3CCOCC3)c2s1)C1CC1. The van der Waals surface area contributed by atoms with Crippen LogP contribution in [0.2, 0.25) is 5.15 Å². The maximum atomic E-state index is 12.5. The third-order valence-electron chi connectivity index (χ3n) is 4.69. The Morgan fingerprint density at radius 3 is 2.88 bits per heavy atom. The lowest BCUT2D eigenvalue weighted by atomic mass is 10.2. The fraction of sp³-hybridized carbons (Fsp3) is 0.529. The van der Waals surface area contributed by atoms with E-state index < -0.39 is 0 Å². The highest BCUT2D eigenvalue weighted by atomic mass is 35.5. The molecule has 0 bridgehead atoms. The number of ether oxygens (including phenoxy) is 1. The van der Waals surface area contributed by atoms with Crippen LogP contribution >= 0.6 is 22.9 Å². The number of carbonyl (C=O) groups excluding carboxylic acids is 1. The minimum Gasteiger partial charge on any atom is -0.378 e. The van der Waals surface area contributed by atoms with E-state index in [1.807, 2.05) is 12.1 Å². The van der Waals surface area contributed by atoms with Gasteiger partial charge in [-0.15, -0.1) is 11.3 Å². The molecule has 5 nitrogen and oxygen atoms in total. The molecule has 0 spiro atoms. The summed E-state index contributed by atoms with van der Waals surface area (Å²) >= 11 is 7.69. The van der Waals surface area contributed by atoms with Crippen LogP contribution in [0.5, 0.6) is 0 Å². The summed E-state index contributed by atoms with van der Waals surface area (Å²) in [4.78, 5) is 19.9. The summed E-state index contributed by atoms with van der Waals surface area (Å²) < 4.78 is 6.45. The molecule has 1 saturated carbocycles. The Morgan fingerprint density at radius 1 is 1.42 bits per heavy atom. The molecule has 2 aromatic rings. The van der Waals surface area contributed by atoms with Crippen LogP contribution in [0.1, 0.15) is 29.4 Å². The van der Waals surface area contributed by atoms with E-state index in [9.17, 15) is 4.79 Å². The molecular formula is C17H20ClN3O2S. The highest BCUT2D eigenvalue weighted by molar-refractivity contribution is 7.21. The number of nitrogens with one attached hydrogen (secondary N) is 1.